The molecule has 0 aliphatic carbocycles. The lowest BCUT2D eigenvalue weighted by atomic mass is 10.3. The third-order valence-corrected chi connectivity index (χ3v) is 3.39. The number of nitrogens with zero attached hydrogens (tertiary/aromatic N) is 3. The maximum absolute atomic E-state index is 12.1. The highest BCUT2D eigenvalue weighted by Gasteiger charge is 2.12. The Kier molecular flexibility index (Phi) is 6.04. The summed E-state index contributed by atoms with van der Waals surface area (Å²) in [6.45, 7) is 3.45. The number of H-pyrrole nitrogens is 1. The van der Waals surface area contributed by atoms with E-state index in [1.165, 1.54) is 0 Å². The van der Waals surface area contributed by atoms with E-state index in [0.717, 1.165) is 0 Å². The molecular weight excluding hydrogens is 320 g/mol. The number of carbonyl (C=O) groups is 1. The number of para-hydroxylation sites is 1. The molecule has 0 spiro atoms. The van der Waals surface area contributed by atoms with Gasteiger partial charge in [0.05, 0.1) is 18.1 Å². The molecular formula is C14H19ClN6O2. The van der Waals surface area contributed by atoms with Crippen LogP contribution in [0, 0.1) is 0 Å². The molecule has 124 valence electrons. The molecule has 1 heterocycles. The average Bonchev–Trinajstić information content (AvgIpc) is 2.96. The summed E-state index contributed by atoms with van der Waals surface area (Å²) in [4.78, 5) is 17.6. The van der Waals surface area contributed by atoms with Gasteiger partial charge in [-0.05, 0) is 19.1 Å². The van der Waals surface area contributed by atoms with Crippen LogP contribution in [0.4, 0.5) is 10.7 Å². The highest BCUT2D eigenvalue weighted by Crippen LogP contribution is 2.22. The van der Waals surface area contributed by atoms with Gasteiger partial charge in [-0.2, -0.15) is 4.98 Å². The molecule has 8 nitrogen and oxygen atoms in total. The highest BCUT2D eigenvalue weighted by atomic mass is 35.5. The summed E-state index contributed by atoms with van der Waals surface area (Å²) in [5.74, 6) is 1.25. The largest absolute Gasteiger partial charge is 0.490 e. The first-order chi connectivity index (χ1) is 11.1. The molecule has 0 radical (unpaired) electrons. The molecule has 0 aliphatic rings. The van der Waals surface area contributed by atoms with Crippen molar-refractivity contribution in [3.05, 3.63) is 35.1 Å². The zero-order valence-electron chi connectivity index (χ0n) is 12.8. The van der Waals surface area contributed by atoms with Gasteiger partial charge in [0.25, 0.3) is 0 Å². The number of ether oxygens (including phenoxy) is 1. The first kappa shape index (κ1) is 16.9. The van der Waals surface area contributed by atoms with Crippen LogP contribution in [0.3, 0.4) is 0 Å². The van der Waals surface area contributed by atoms with Crippen molar-refractivity contribution in [2.24, 2.45) is 0 Å². The van der Waals surface area contributed by atoms with Gasteiger partial charge in [0, 0.05) is 6.54 Å². The molecule has 0 saturated carbocycles. The van der Waals surface area contributed by atoms with Crippen LogP contribution in [0.25, 0.3) is 0 Å². The first-order valence-corrected chi connectivity index (χ1v) is 7.54. The monoisotopic (exact) mass is 338 g/mol. The van der Waals surface area contributed by atoms with Crippen molar-refractivity contribution in [3.8, 4) is 5.75 Å². The Morgan fingerprint density at radius 1 is 1.48 bits per heavy atom. The molecule has 9 heteroatoms. The van der Waals surface area contributed by atoms with Crippen LogP contribution < -0.4 is 15.8 Å². The van der Waals surface area contributed by atoms with Crippen LogP contribution in [0.15, 0.2) is 24.3 Å². The molecule has 0 fully saturated rings. The second kappa shape index (κ2) is 8.23. The van der Waals surface area contributed by atoms with Crippen molar-refractivity contribution in [1.29, 1.82) is 0 Å². The Balaban J connectivity index is 1.77. The predicted molar refractivity (Wildman–Crippen MR) is 87.2 cm³/mol. The molecule has 2 rings (SSSR count). The zero-order chi connectivity index (χ0) is 16.7. The van der Waals surface area contributed by atoms with E-state index in [2.05, 4.69) is 20.5 Å². The van der Waals surface area contributed by atoms with E-state index in [1.807, 2.05) is 19.1 Å². The second-order valence-electron chi connectivity index (χ2n) is 4.66. The molecule has 0 aliphatic heterocycles. The van der Waals surface area contributed by atoms with Gasteiger partial charge in [0.1, 0.15) is 18.2 Å². The summed E-state index contributed by atoms with van der Waals surface area (Å²) in [6, 6.07) is 6.99. The summed E-state index contributed by atoms with van der Waals surface area (Å²) < 4.78 is 5.59. The van der Waals surface area contributed by atoms with Crippen molar-refractivity contribution in [2.45, 2.75) is 13.5 Å². The normalized spacial score (nSPS) is 10.3. The number of nitrogens with one attached hydrogen (secondary N) is 2. The second-order valence-corrected chi connectivity index (χ2v) is 5.06. The van der Waals surface area contributed by atoms with E-state index in [9.17, 15) is 4.79 Å². The maximum Gasteiger partial charge on any atom is 0.317 e. The van der Waals surface area contributed by atoms with E-state index in [-0.39, 0.29) is 18.5 Å². The summed E-state index contributed by atoms with van der Waals surface area (Å²) in [5.41, 5.74) is 5.40. The van der Waals surface area contributed by atoms with E-state index < -0.39 is 0 Å². The van der Waals surface area contributed by atoms with Gasteiger partial charge in [-0.1, -0.05) is 23.7 Å². The minimum absolute atomic E-state index is 0.148. The lowest BCUT2D eigenvalue weighted by Gasteiger charge is -2.21. The Morgan fingerprint density at radius 2 is 2.26 bits per heavy atom. The summed E-state index contributed by atoms with van der Waals surface area (Å²) >= 11 is 6.01. The summed E-state index contributed by atoms with van der Waals surface area (Å²) in [7, 11) is 0. The third-order valence-electron chi connectivity index (χ3n) is 3.08. The highest BCUT2D eigenvalue weighted by molar-refractivity contribution is 6.32. The van der Waals surface area contributed by atoms with Crippen molar-refractivity contribution >= 4 is 23.6 Å². The number of nitrogens with two attached hydrogens (primary N) is 1. The number of rotatable bonds is 7. The van der Waals surface area contributed by atoms with Crippen molar-refractivity contribution in [2.75, 3.05) is 25.4 Å². The smallest absolute Gasteiger partial charge is 0.317 e. The lowest BCUT2D eigenvalue weighted by molar-refractivity contribution is 0.185. The summed E-state index contributed by atoms with van der Waals surface area (Å²) in [6.07, 6.45) is 0. The summed E-state index contributed by atoms with van der Waals surface area (Å²) in [5, 5.41) is 9.61. The number of hydrogen-bond donors (Lipinski definition) is 3. The van der Waals surface area contributed by atoms with Crippen molar-refractivity contribution in [1.82, 2.24) is 25.4 Å². The van der Waals surface area contributed by atoms with Gasteiger partial charge >= 0.3 is 6.03 Å². The third kappa shape index (κ3) is 5.03. The molecule has 1 aromatic heterocycles. The topological polar surface area (TPSA) is 109 Å². The number of nitrogen functional groups attached to an aromatic ring is 1. The number of carbonyl (C=O) groups excluding carboxylic acids is 1. The number of urea groups is 1. The lowest BCUT2D eigenvalue weighted by Crippen LogP contribution is -2.41. The fourth-order valence-corrected chi connectivity index (χ4v) is 2.08. The fourth-order valence-electron chi connectivity index (χ4n) is 1.89. The van der Waals surface area contributed by atoms with Gasteiger partial charge in [0.2, 0.25) is 5.95 Å². The number of amides is 2. The predicted octanol–water partition coefficient (Wildman–Crippen LogP) is 1.65. The van der Waals surface area contributed by atoms with Crippen LogP contribution in [-0.2, 0) is 6.54 Å². The van der Waals surface area contributed by atoms with Crippen molar-refractivity contribution < 1.29 is 9.53 Å². The molecule has 4 N–H and O–H groups in total. The first-order valence-electron chi connectivity index (χ1n) is 7.17. The number of halogens is 1. The van der Waals surface area contributed by atoms with E-state index in [0.29, 0.717) is 36.3 Å². The minimum Gasteiger partial charge on any atom is -0.490 e. The van der Waals surface area contributed by atoms with Gasteiger partial charge < -0.3 is 20.7 Å². The molecule has 0 atom stereocenters. The molecule has 23 heavy (non-hydrogen) atoms. The Bertz CT molecular complexity index is 648. The number of aromatic nitrogens is 3. The van der Waals surface area contributed by atoms with Crippen LogP contribution in [0.2, 0.25) is 5.02 Å². The molecule has 2 amide bonds. The van der Waals surface area contributed by atoms with Gasteiger partial charge in [0.15, 0.2) is 0 Å². The molecule has 1 aromatic carbocycles. The Morgan fingerprint density at radius 3 is 2.91 bits per heavy atom. The molecule has 2 aromatic rings. The van der Waals surface area contributed by atoms with E-state index in [1.54, 1.807) is 17.0 Å². The maximum atomic E-state index is 12.1. The van der Waals surface area contributed by atoms with Crippen LogP contribution >= 0.6 is 11.6 Å². The van der Waals surface area contributed by atoms with E-state index >= 15 is 0 Å². The number of anilines is 1. The quantitative estimate of drug-likeness (QED) is 0.711. The van der Waals surface area contributed by atoms with Gasteiger partial charge in [-0.3, -0.25) is 5.10 Å². The van der Waals surface area contributed by atoms with Gasteiger partial charge in [-0.25, -0.2) is 4.79 Å². The molecule has 0 bridgehead atoms. The van der Waals surface area contributed by atoms with Crippen LogP contribution in [0.5, 0.6) is 5.75 Å². The van der Waals surface area contributed by atoms with Crippen molar-refractivity contribution in [3.63, 3.8) is 0 Å². The number of aromatic amines is 1. The van der Waals surface area contributed by atoms with Crippen LogP contribution in [-0.4, -0.2) is 45.8 Å². The van der Waals surface area contributed by atoms with Gasteiger partial charge in [-0.15, -0.1) is 5.10 Å². The van der Waals surface area contributed by atoms with E-state index in [4.69, 9.17) is 22.1 Å². The Labute approximate surface area is 139 Å². The zero-order valence-corrected chi connectivity index (χ0v) is 13.5. The fraction of sp³-hybridized carbons (Fsp3) is 0.357. The standard InChI is InChI=1S/C14H19ClN6O2/c1-2-21(7-8-23-11-6-4-3-5-10(11)15)14(22)17-9-12-18-13(16)20-19-12/h3-6H,2,7-9H2,1H3,(H,17,22)(H3,16,18,19,20). The number of benzene rings is 1. The molecule has 0 unspecified atom stereocenters. The SMILES string of the molecule is CCN(CCOc1ccccc1Cl)C(=O)NCc1nc(N)n[nH]1. The number of likely N-dealkylation sites (N-methyl/N-ethyl adjacent to an activating group) is 1. The van der Waals surface area contributed by atoms with Crippen LogP contribution in [0.1, 0.15) is 12.7 Å². The average molecular weight is 339 g/mol. The molecule has 0 saturated heterocycles. The Hall–Kier alpha value is -2.48. The number of hydrogen-bond acceptors (Lipinski definition) is 5. The minimum atomic E-state index is -0.217.